The fraction of sp³-hybridized carbons (Fsp3) is 0.600. The molecule has 21 heavy (non-hydrogen) atoms. The lowest BCUT2D eigenvalue weighted by Crippen LogP contribution is -2.47. The molecular weight excluding hydrogens is 281 g/mol. The number of hydrogen-bond acceptors (Lipinski definition) is 3. The summed E-state index contributed by atoms with van der Waals surface area (Å²) in [6.45, 7) is 5.21. The molecule has 1 aromatic rings. The molecule has 1 fully saturated rings. The Hall–Kier alpha value is -1.11. The molecule has 2 atom stereocenters. The zero-order valence-corrected chi connectivity index (χ0v) is 12.1. The Labute approximate surface area is 123 Å². The fourth-order valence-electron chi connectivity index (χ4n) is 2.53. The van der Waals surface area contributed by atoms with E-state index in [-0.39, 0.29) is 11.6 Å². The van der Waals surface area contributed by atoms with Gasteiger partial charge in [0.15, 0.2) is 0 Å². The number of morpholine rings is 1. The third-order valence-electron chi connectivity index (χ3n) is 3.55. The zero-order chi connectivity index (χ0) is 15.3. The van der Waals surface area contributed by atoms with Gasteiger partial charge in [-0.25, -0.2) is 0 Å². The third-order valence-corrected chi connectivity index (χ3v) is 3.55. The summed E-state index contributed by atoms with van der Waals surface area (Å²) in [5.41, 5.74) is 0.249. The number of benzene rings is 1. The van der Waals surface area contributed by atoms with Crippen LogP contribution in [-0.4, -0.2) is 50.0 Å². The van der Waals surface area contributed by atoms with Gasteiger partial charge in [-0.05, 0) is 12.5 Å². The van der Waals surface area contributed by atoms with E-state index in [2.05, 4.69) is 10.2 Å². The van der Waals surface area contributed by atoms with Crippen LogP contribution in [0.3, 0.4) is 0 Å². The molecular formula is C15H21F3N2O. The second kappa shape index (κ2) is 7.24. The van der Waals surface area contributed by atoms with Crippen LogP contribution < -0.4 is 5.32 Å². The quantitative estimate of drug-likeness (QED) is 0.905. The number of rotatable bonds is 5. The first-order valence-electron chi connectivity index (χ1n) is 7.14. The van der Waals surface area contributed by atoms with Crippen LogP contribution in [0, 0.1) is 0 Å². The molecule has 2 unspecified atom stereocenters. The lowest BCUT2D eigenvalue weighted by Gasteiger charge is -2.32. The molecule has 118 valence electrons. The summed E-state index contributed by atoms with van der Waals surface area (Å²) in [7, 11) is 0. The summed E-state index contributed by atoms with van der Waals surface area (Å²) >= 11 is 0. The fourth-order valence-corrected chi connectivity index (χ4v) is 2.53. The Morgan fingerprint density at radius 3 is 2.38 bits per heavy atom. The lowest BCUT2D eigenvalue weighted by molar-refractivity contribution is -0.159. The van der Waals surface area contributed by atoms with Crippen molar-refractivity contribution in [3.63, 3.8) is 0 Å². The van der Waals surface area contributed by atoms with Gasteiger partial charge in [-0.15, -0.1) is 0 Å². The first-order valence-corrected chi connectivity index (χ1v) is 7.14. The van der Waals surface area contributed by atoms with Gasteiger partial charge in [0, 0.05) is 25.7 Å². The topological polar surface area (TPSA) is 24.5 Å². The van der Waals surface area contributed by atoms with E-state index >= 15 is 0 Å². The molecule has 1 heterocycles. The Morgan fingerprint density at radius 1 is 1.19 bits per heavy atom. The minimum Gasteiger partial charge on any atom is -0.379 e. The molecule has 1 aliphatic rings. The monoisotopic (exact) mass is 302 g/mol. The predicted octanol–water partition coefficient (Wildman–Crippen LogP) is 2.60. The summed E-state index contributed by atoms with van der Waals surface area (Å²) in [6, 6.07) is 6.10. The van der Waals surface area contributed by atoms with E-state index in [0.29, 0.717) is 19.8 Å². The maximum atomic E-state index is 13.2. The highest BCUT2D eigenvalue weighted by atomic mass is 19.4. The van der Waals surface area contributed by atoms with Crippen molar-refractivity contribution in [1.29, 1.82) is 0 Å². The van der Waals surface area contributed by atoms with Gasteiger partial charge in [0.05, 0.1) is 13.2 Å². The van der Waals surface area contributed by atoms with E-state index in [1.165, 1.54) is 12.1 Å². The van der Waals surface area contributed by atoms with Crippen molar-refractivity contribution in [2.45, 2.75) is 25.2 Å². The van der Waals surface area contributed by atoms with Crippen molar-refractivity contribution in [3.05, 3.63) is 35.9 Å². The average Bonchev–Trinajstić information content (AvgIpc) is 2.45. The molecule has 0 radical (unpaired) electrons. The Balaban J connectivity index is 1.98. The molecule has 0 aromatic heterocycles. The molecule has 0 saturated carbocycles. The van der Waals surface area contributed by atoms with Gasteiger partial charge in [-0.2, -0.15) is 13.2 Å². The highest BCUT2D eigenvalue weighted by Gasteiger charge is 2.41. The molecule has 0 aliphatic carbocycles. The molecule has 2 rings (SSSR count). The van der Waals surface area contributed by atoms with Gasteiger partial charge in [-0.1, -0.05) is 30.3 Å². The molecule has 3 nitrogen and oxygen atoms in total. The molecule has 6 heteroatoms. The van der Waals surface area contributed by atoms with Crippen molar-refractivity contribution in [1.82, 2.24) is 10.2 Å². The largest absolute Gasteiger partial charge is 0.407 e. The first kappa shape index (κ1) is 16.3. The second-order valence-electron chi connectivity index (χ2n) is 5.37. The number of alkyl halides is 3. The van der Waals surface area contributed by atoms with Crippen LogP contribution in [-0.2, 0) is 4.74 Å². The summed E-state index contributed by atoms with van der Waals surface area (Å²) in [5, 5.41) is 2.71. The number of halogens is 3. The van der Waals surface area contributed by atoms with E-state index in [4.69, 9.17) is 4.74 Å². The van der Waals surface area contributed by atoms with E-state index < -0.39 is 12.2 Å². The van der Waals surface area contributed by atoms with E-state index in [1.807, 2.05) is 0 Å². The van der Waals surface area contributed by atoms with Gasteiger partial charge in [0.1, 0.15) is 6.04 Å². The molecule has 1 aliphatic heterocycles. The standard InChI is InChI=1S/C15H21F3N2O/c1-12(11-20-7-9-21-10-8-20)19-14(15(16,17)18)13-5-3-2-4-6-13/h2-6,12,14,19H,7-11H2,1H3. The predicted molar refractivity (Wildman–Crippen MR) is 75.1 cm³/mol. The molecule has 1 N–H and O–H groups in total. The summed E-state index contributed by atoms with van der Waals surface area (Å²) in [5.74, 6) is 0. The average molecular weight is 302 g/mol. The minimum atomic E-state index is -4.30. The van der Waals surface area contributed by atoms with Gasteiger partial charge in [0.2, 0.25) is 0 Å². The molecule has 1 aromatic carbocycles. The van der Waals surface area contributed by atoms with Crippen molar-refractivity contribution >= 4 is 0 Å². The maximum Gasteiger partial charge on any atom is 0.407 e. The SMILES string of the molecule is CC(CN1CCOCC1)NC(c1ccccc1)C(F)(F)F. The lowest BCUT2D eigenvalue weighted by atomic mass is 10.1. The Bertz CT molecular complexity index is 419. The van der Waals surface area contributed by atoms with Crippen LogP contribution in [0.15, 0.2) is 30.3 Å². The number of ether oxygens (including phenoxy) is 1. The molecule has 1 saturated heterocycles. The minimum absolute atomic E-state index is 0.249. The second-order valence-corrected chi connectivity index (χ2v) is 5.37. The van der Waals surface area contributed by atoms with Crippen molar-refractivity contribution in [3.8, 4) is 0 Å². The van der Waals surface area contributed by atoms with Crippen LogP contribution >= 0.6 is 0 Å². The summed E-state index contributed by atoms with van der Waals surface area (Å²) < 4.78 is 45.0. The van der Waals surface area contributed by atoms with Crippen molar-refractivity contribution in [2.24, 2.45) is 0 Å². The normalized spacial score (nSPS) is 20.2. The summed E-state index contributed by atoms with van der Waals surface area (Å²) in [6.07, 6.45) is -4.30. The van der Waals surface area contributed by atoms with E-state index in [9.17, 15) is 13.2 Å². The van der Waals surface area contributed by atoms with Crippen LogP contribution in [0.1, 0.15) is 18.5 Å². The smallest absolute Gasteiger partial charge is 0.379 e. The molecule has 0 amide bonds. The Morgan fingerprint density at radius 2 is 1.81 bits per heavy atom. The highest BCUT2D eigenvalue weighted by molar-refractivity contribution is 5.20. The highest BCUT2D eigenvalue weighted by Crippen LogP contribution is 2.32. The maximum absolute atomic E-state index is 13.2. The number of nitrogens with one attached hydrogen (secondary N) is 1. The third kappa shape index (κ3) is 4.98. The van der Waals surface area contributed by atoms with Crippen LogP contribution in [0.5, 0.6) is 0 Å². The van der Waals surface area contributed by atoms with Gasteiger partial charge in [-0.3, -0.25) is 10.2 Å². The van der Waals surface area contributed by atoms with Gasteiger partial charge >= 0.3 is 6.18 Å². The number of nitrogens with zero attached hydrogens (tertiary/aromatic N) is 1. The Kier molecular flexibility index (Phi) is 5.61. The number of hydrogen-bond donors (Lipinski definition) is 1. The summed E-state index contributed by atoms with van der Waals surface area (Å²) in [4.78, 5) is 2.12. The van der Waals surface area contributed by atoms with E-state index in [1.54, 1.807) is 25.1 Å². The van der Waals surface area contributed by atoms with Crippen molar-refractivity contribution in [2.75, 3.05) is 32.8 Å². The van der Waals surface area contributed by atoms with Crippen LogP contribution in [0.2, 0.25) is 0 Å². The van der Waals surface area contributed by atoms with Gasteiger partial charge < -0.3 is 4.74 Å². The first-order chi connectivity index (χ1) is 9.97. The van der Waals surface area contributed by atoms with Crippen LogP contribution in [0.4, 0.5) is 13.2 Å². The van der Waals surface area contributed by atoms with Crippen LogP contribution in [0.25, 0.3) is 0 Å². The molecule has 0 spiro atoms. The van der Waals surface area contributed by atoms with E-state index in [0.717, 1.165) is 13.1 Å². The zero-order valence-electron chi connectivity index (χ0n) is 12.1. The molecule has 0 bridgehead atoms. The van der Waals surface area contributed by atoms with Gasteiger partial charge in [0.25, 0.3) is 0 Å². The van der Waals surface area contributed by atoms with Crippen molar-refractivity contribution < 1.29 is 17.9 Å².